The minimum Gasteiger partial charge on any atom is -0.357 e. The molecule has 0 aliphatic rings. The van der Waals surface area contributed by atoms with Gasteiger partial charge >= 0.3 is 0 Å². The lowest BCUT2D eigenvalue weighted by Gasteiger charge is -2.11. The van der Waals surface area contributed by atoms with Gasteiger partial charge in [0.15, 0.2) is 5.96 Å². The van der Waals surface area contributed by atoms with Gasteiger partial charge in [0.2, 0.25) is 5.91 Å². The number of hydrogen-bond acceptors (Lipinski definition) is 3. The van der Waals surface area contributed by atoms with Crippen molar-refractivity contribution in [2.24, 2.45) is 4.99 Å². The average molecular weight is 438 g/mol. The van der Waals surface area contributed by atoms with Crippen LogP contribution in [0.4, 0.5) is 0 Å². The topological polar surface area (TPSA) is 65.5 Å². The molecule has 0 aliphatic carbocycles. The molecule has 0 saturated carbocycles. The maximum absolute atomic E-state index is 11.5. The largest absolute Gasteiger partial charge is 0.357 e. The maximum atomic E-state index is 11.5. The molecule has 1 aromatic heterocycles. The lowest BCUT2D eigenvalue weighted by atomic mass is 10.4. The van der Waals surface area contributed by atoms with Gasteiger partial charge in [0, 0.05) is 35.8 Å². The van der Waals surface area contributed by atoms with Gasteiger partial charge in [-0.3, -0.25) is 4.79 Å². The van der Waals surface area contributed by atoms with Crippen molar-refractivity contribution in [3.05, 3.63) is 21.9 Å². The number of thiophene rings is 1. The number of aryl methyl sites for hydroxylation is 1. The van der Waals surface area contributed by atoms with E-state index in [1.165, 1.54) is 9.75 Å². The smallest absolute Gasteiger partial charge is 0.221 e. The van der Waals surface area contributed by atoms with Crippen LogP contribution in [0.5, 0.6) is 0 Å². The molecule has 0 fully saturated rings. The molecule has 126 valence electrons. The van der Waals surface area contributed by atoms with Gasteiger partial charge in [0.05, 0.1) is 6.54 Å². The molecule has 0 spiro atoms. The second-order valence-corrected chi connectivity index (χ2v) is 6.11. The van der Waals surface area contributed by atoms with Crippen molar-refractivity contribution in [1.82, 2.24) is 16.0 Å². The van der Waals surface area contributed by atoms with Crippen LogP contribution in [0.25, 0.3) is 0 Å². The summed E-state index contributed by atoms with van der Waals surface area (Å²) in [6, 6.07) is 4.21. The first-order valence-corrected chi connectivity index (χ1v) is 8.31. The molecule has 1 aromatic rings. The molecule has 0 saturated heterocycles. The van der Waals surface area contributed by atoms with Gasteiger partial charge in [-0.25, -0.2) is 4.99 Å². The van der Waals surface area contributed by atoms with Gasteiger partial charge in [-0.05, 0) is 32.4 Å². The van der Waals surface area contributed by atoms with Gasteiger partial charge in [0.1, 0.15) is 0 Å². The molecule has 0 radical (unpaired) electrons. The molecule has 0 atom stereocenters. The third-order valence-corrected chi connectivity index (χ3v) is 3.74. The van der Waals surface area contributed by atoms with E-state index >= 15 is 0 Å². The Balaban J connectivity index is 0.00000441. The molecule has 3 N–H and O–H groups in total. The molecule has 0 unspecified atom stereocenters. The average Bonchev–Trinajstić information content (AvgIpc) is 2.88. The number of nitrogens with one attached hydrogen (secondary N) is 3. The Bertz CT molecular complexity index is 462. The number of amides is 1. The summed E-state index contributed by atoms with van der Waals surface area (Å²) in [5.41, 5.74) is 0. The summed E-state index contributed by atoms with van der Waals surface area (Å²) in [5.74, 6) is 0.834. The van der Waals surface area contributed by atoms with Crippen molar-refractivity contribution in [3.63, 3.8) is 0 Å². The Hall–Kier alpha value is -0.830. The minimum atomic E-state index is 0. The van der Waals surface area contributed by atoms with Crippen molar-refractivity contribution in [3.8, 4) is 0 Å². The number of carbonyl (C=O) groups excluding carboxylic acids is 1. The number of aliphatic imine (C=N–C) groups is 1. The van der Waals surface area contributed by atoms with Crippen LogP contribution >= 0.6 is 35.3 Å². The summed E-state index contributed by atoms with van der Waals surface area (Å²) >= 11 is 1.76. The van der Waals surface area contributed by atoms with Crippen LogP contribution in [0, 0.1) is 6.92 Å². The van der Waals surface area contributed by atoms with Crippen LogP contribution in [0.3, 0.4) is 0 Å². The number of guanidine groups is 1. The Morgan fingerprint density at radius 2 is 1.95 bits per heavy atom. The Labute approximate surface area is 154 Å². The van der Waals surface area contributed by atoms with E-state index in [-0.39, 0.29) is 29.9 Å². The van der Waals surface area contributed by atoms with Crippen LogP contribution in [0.15, 0.2) is 17.1 Å². The van der Waals surface area contributed by atoms with Gasteiger partial charge in [-0.1, -0.05) is 6.92 Å². The van der Waals surface area contributed by atoms with Crippen molar-refractivity contribution >= 4 is 47.2 Å². The Morgan fingerprint density at radius 3 is 2.55 bits per heavy atom. The van der Waals surface area contributed by atoms with Crippen molar-refractivity contribution in [1.29, 1.82) is 0 Å². The molecule has 1 heterocycles. The Kier molecular flexibility index (Phi) is 12.2. The van der Waals surface area contributed by atoms with E-state index < -0.39 is 0 Å². The predicted octanol–water partition coefficient (Wildman–Crippen LogP) is 2.65. The first kappa shape index (κ1) is 21.2. The summed E-state index contributed by atoms with van der Waals surface area (Å²) in [7, 11) is 0. The molecule has 7 heteroatoms. The molecule has 0 aromatic carbocycles. The summed E-state index contributed by atoms with van der Waals surface area (Å²) in [5, 5.41) is 9.24. The van der Waals surface area contributed by atoms with E-state index in [1.807, 2.05) is 13.8 Å². The maximum Gasteiger partial charge on any atom is 0.221 e. The standard InChI is InChI=1S/C15H26N4OS.HI/c1-4-9-17-14(20)8-10-18-15(16-5-2)19-11-13-7-6-12(3)21-13;/h6-7H,4-5,8-11H2,1-3H3,(H,17,20)(H2,16,18,19);1H. The molecular formula is C15H27IN4OS. The molecular weight excluding hydrogens is 411 g/mol. The van der Waals surface area contributed by atoms with E-state index in [9.17, 15) is 4.79 Å². The highest BCUT2D eigenvalue weighted by atomic mass is 127. The quantitative estimate of drug-likeness (QED) is 0.332. The fraction of sp³-hybridized carbons (Fsp3) is 0.600. The zero-order chi connectivity index (χ0) is 15.5. The lowest BCUT2D eigenvalue weighted by Crippen LogP contribution is -2.39. The Morgan fingerprint density at radius 1 is 1.18 bits per heavy atom. The summed E-state index contributed by atoms with van der Waals surface area (Å²) in [6.07, 6.45) is 1.42. The number of carbonyl (C=O) groups is 1. The molecule has 0 aliphatic heterocycles. The molecule has 22 heavy (non-hydrogen) atoms. The van der Waals surface area contributed by atoms with Gasteiger partial charge in [-0.2, -0.15) is 0 Å². The van der Waals surface area contributed by atoms with Crippen LogP contribution in [0.1, 0.15) is 36.4 Å². The zero-order valence-corrected chi connectivity index (χ0v) is 16.7. The van der Waals surface area contributed by atoms with Gasteiger partial charge in [-0.15, -0.1) is 35.3 Å². The van der Waals surface area contributed by atoms with E-state index in [1.54, 1.807) is 11.3 Å². The second-order valence-electron chi connectivity index (χ2n) is 4.73. The molecule has 1 amide bonds. The molecule has 1 rings (SSSR count). The van der Waals surface area contributed by atoms with Crippen LogP contribution in [0.2, 0.25) is 0 Å². The highest BCUT2D eigenvalue weighted by Gasteiger charge is 2.02. The van der Waals surface area contributed by atoms with Crippen LogP contribution in [-0.2, 0) is 11.3 Å². The number of hydrogen-bond donors (Lipinski definition) is 3. The van der Waals surface area contributed by atoms with E-state index in [0.29, 0.717) is 19.5 Å². The molecule has 0 bridgehead atoms. The highest BCUT2D eigenvalue weighted by molar-refractivity contribution is 14.0. The monoisotopic (exact) mass is 438 g/mol. The third-order valence-electron chi connectivity index (χ3n) is 2.75. The highest BCUT2D eigenvalue weighted by Crippen LogP contribution is 2.15. The summed E-state index contributed by atoms with van der Waals surface area (Å²) < 4.78 is 0. The fourth-order valence-corrected chi connectivity index (χ4v) is 2.53. The van der Waals surface area contributed by atoms with Crippen molar-refractivity contribution in [2.75, 3.05) is 19.6 Å². The van der Waals surface area contributed by atoms with E-state index in [4.69, 9.17) is 0 Å². The number of nitrogens with zero attached hydrogens (tertiary/aromatic N) is 1. The number of halogens is 1. The molecule has 5 nitrogen and oxygen atoms in total. The fourth-order valence-electron chi connectivity index (χ4n) is 1.72. The van der Waals surface area contributed by atoms with Crippen LogP contribution < -0.4 is 16.0 Å². The lowest BCUT2D eigenvalue weighted by molar-refractivity contribution is -0.120. The third kappa shape index (κ3) is 9.24. The van der Waals surface area contributed by atoms with Crippen molar-refractivity contribution < 1.29 is 4.79 Å². The number of rotatable bonds is 8. The minimum absolute atomic E-state index is 0. The first-order valence-electron chi connectivity index (χ1n) is 7.49. The SMILES string of the molecule is CCCNC(=O)CCNC(=NCc1ccc(C)s1)NCC.I. The van der Waals surface area contributed by atoms with E-state index in [2.05, 4.69) is 40.0 Å². The van der Waals surface area contributed by atoms with Crippen molar-refractivity contribution in [2.45, 2.75) is 40.2 Å². The predicted molar refractivity (Wildman–Crippen MR) is 105 cm³/mol. The normalized spacial score (nSPS) is 10.8. The summed E-state index contributed by atoms with van der Waals surface area (Å²) in [4.78, 5) is 18.6. The van der Waals surface area contributed by atoms with E-state index in [0.717, 1.165) is 25.5 Å². The van der Waals surface area contributed by atoms with Gasteiger partial charge in [0.25, 0.3) is 0 Å². The summed E-state index contributed by atoms with van der Waals surface area (Å²) in [6.45, 7) is 8.96. The zero-order valence-electron chi connectivity index (χ0n) is 13.6. The van der Waals surface area contributed by atoms with Gasteiger partial charge < -0.3 is 16.0 Å². The second kappa shape index (κ2) is 12.7. The first-order chi connectivity index (χ1) is 10.2. The van der Waals surface area contributed by atoms with Crippen LogP contribution in [-0.4, -0.2) is 31.5 Å².